The summed E-state index contributed by atoms with van der Waals surface area (Å²) in [4.78, 5) is 19.2. The van der Waals surface area contributed by atoms with E-state index in [0.29, 0.717) is 5.69 Å². The number of rotatable bonds is 6. The van der Waals surface area contributed by atoms with E-state index >= 15 is 0 Å². The van der Waals surface area contributed by atoms with Crippen molar-refractivity contribution in [1.29, 1.82) is 0 Å². The van der Waals surface area contributed by atoms with Gasteiger partial charge in [-0.05, 0) is 18.6 Å². The number of aromatic nitrogens is 2. The molecule has 0 fully saturated rings. The highest BCUT2D eigenvalue weighted by atomic mass is 35.5. The molecule has 0 aliphatic carbocycles. The first-order chi connectivity index (χ1) is 9.22. The molecule has 0 saturated carbocycles. The Kier molecular flexibility index (Phi) is 4.97. The maximum absolute atomic E-state index is 12.0. The lowest BCUT2D eigenvalue weighted by Crippen LogP contribution is -2.16. The first-order valence-electron chi connectivity index (χ1n) is 6.85. The number of H-pyrrole nitrogens is 1. The minimum Gasteiger partial charge on any atom is -0.319 e. The number of hydrogen-bond donors (Lipinski definition) is 1. The molecule has 0 aliphatic heterocycles. The summed E-state index contributed by atoms with van der Waals surface area (Å²) >= 11 is 6.31. The van der Waals surface area contributed by atoms with E-state index in [0.717, 1.165) is 30.3 Å². The predicted molar refractivity (Wildman–Crippen MR) is 79.7 cm³/mol. The Balaban J connectivity index is 2.15. The lowest BCUT2D eigenvalue weighted by atomic mass is 10.1. The lowest BCUT2D eigenvalue weighted by Gasteiger charge is -2.08. The molecule has 1 unspecified atom stereocenters. The van der Waals surface area contributed by atoms with Crippen LogP contribution in [0.2, 0.25) is 0 Å². The molecule has 0 aliphatic rings. The highest BCUT2D eigenvalue weighted by molar-refractivity contribution is 6.20. The van der Waals surface area contributed by atoms with Crippen molar-refractivity contribution in [2.45, 2.75) is 44.4 Å². The van der Waals surface area contributed by atoms with Crippen LogP contribution in [0.25, 0.3) is 11.0 Å². The smallest absolute Gasteiger partial charge is 0.271 e. The number of aromatic amines is 1. The van der Waals surface area contributed by atoms with E-state index < -0.39 is 0 Å². The Morgan fingerprint density at radius 1 is 1.26 bits per heavy atom. The topological polar surface area (TPSA) is 45.8 Å². The number of para-hydroxylation sites is 2. The number of nitrogens with one attached hydrogen (secondary N) is 1. The Hall–Kier alpha value is -1.35. The summed E-state index contributed by atoms with van der Waals surface area (Å²) in [6, 6.07) is 7.51. The van der Waals surface area contributed by atoms with Gasteiger partial charge in [-0.2, -0.15) is 0 Å². The average Bonchev–Trinajstić information content (AvgIpc) is 2.42. The minimum absolute atomic E-state index is 0.172. The monoisotopic (exact) mass is 278 g/mol. The van der Waals surface area contributed by atoms with Gasteiger partial charge in [-0.1, -0.05) is 44.7 Å². The molecule has 4 heteroatoms. The zero-order valence-corrected chi connectivity index (χ0v) is 11.9. The van der Waals surface area contributed by atoms with E-state index in [2.05, 4.69) is 16.9 Å². The van der Waals surface area contributed by atoms with Gasteiger partial charge in [0.2, 0.25) is 0 Å². The fourth-order valence-corrected chi connectivity index (χ4v) is 2.45. The normalized spacial score (nSPS) is 12.7. The van der Waals surface area contributed by atoms with Crippen LogP contribution in [-0.2, 0) is 0 Å². The molecule has 2 rings (SSSR count). The Labute approximate surface area is 118 Å². The molecule has 19 heavy (non-hydrogen) atoms. The molecule has 1 atom stereocenters. The van der Waals surface area contributed by atoms with Crippen molar-refractivity contribution in [3.8, 4) is 0 Å². The van der Waals surface area contributed by atoms with Crippen molar-refractivity contribution in [2.24, 2.45) is 0 Å². The zero-order chi connectivity index (χ0) is 13.7. The van der Waals surface area contributed by atoms with Gasteiger partial charge in [0.05, 0.1) is 16.4 Å². The third-order valence-corrected chi connectivity index (χ3v) is 3.66. The molecule has 0 amide bonds. The number of hydrogen-bond acceptors (Lipinski definition) is 2. The van der Waals surface area contributed by atoms with Crippen LogP contribution >= 0.6 is 11.6 Å². The molecule has 102 valence electrons. The molecule has 0 spiro atoms. The van der Waals surface area contributed by atoms with Gasteiger partial charge in [-0.15, -0.1) is 11.6 Å². The molecule has 1 heterocycles. The van der Waals surface area contributed by atoms with E-state index in [4.69, 9.17) is 11.6 Å². The van der Waals surface area contributed by atoms with Crippen molar-refractivity contribution in [3.05, 3.63) is 40.3 Å². The van der Waals surface area contributed by atoms with Gasteiger partial charge in [0.1, 0.15) is 5.69 Å². The molecule has 2 aromatic rings. The zero-order valence-electron chi connectivity index (χ0n) is 11.2. The number of nitrogens with zero attached hydrogens (tertiary/aromatic N) is 1. The third kappa shape index (κ3) is 3.57. The Morgan fingerprint density at radius 3 is 2.84 bits per heavy atom. The van der Waals surface area contributed by atoms with Crippen LogP contribution < -0.4 is 5.56 Å². The fraction of sp³-hybridized carbons (Fsp3) is 0.467. The van der Waals surface area contributed by atoms with Gasteiger partial charge in [0.15, 0.2) is 0 Å². The largest absolute Gasteiger partial charge is 0.319 e. The van der Waals surface area contributed by atoms with Crippen molar-refractivity contribution < 1.29 is 0 Å². The standard InChI is InChI=1S/C15H19ClN2O/c1-2-3-4-5-8-11(16)14-15(19)18-13-10-7-6-9-12(13)17-14/h6-7,9-11H,2-5,8H2,1H3,(H,18,19). The average molecular weight is 279 g/mol. The Bertz CT molecular complexity index is 594. The minimum atomic E-state index is -0.301. The van der Waals surface area contributed by atoms with Gasteiger partial charge in [0, 0.05) is 0 Å². The number of unbranched alkanes of at least 4 members (excludes halogenated alkanes) is 3. The first kappa shape index (κ1) is 14.1. The van der Waals surface area contributed by atoms with E-state index in [1.807, 2.05) is 24.3 Å². The number of alkyl halides is 1. The molecule has 3 nitrogen and oxygen atoms in total. The molecule has 0 saturated heterocycles. The van der Waals surface area contributed by atoms with E-state index in [9.17, 15) is 4.79 Å². The number of fused-ring (bicyclic) bond motifs is 1. The Morgan fingerprint density at radius 2 is 2.05 bits per heavy atom. The van der Waals surface area contributed by atoms with Gasteiger partial charge >= 0.3 is 0 Å². The van der Waals surface area contributed by atoms with Crippen molar-refractivity contribution in [3.63, 3.8) is 0 Å². The summed E-state index contributed by atoms with van der Waals surface area (Å²) < 4.78 is 0. The molecule has 1 N–H and O–H groups in total. The van der Waals surface area contributed by atoms with Crippen LogP contribution in [0.1, 0.15) is 50.1 Å². The van der Waals surface area contributed by atoms with E-state index in [-0.39, 0.29) is 10.9 Å². The quantitative estimate of drug-likeness (QED) is 0.637. The maximum Gasteiger partial charge on any atom is 0.271 e. The highest BCUT2D eigenvalue weighted by Crippen LogP contribution is 2.23. The second-order valence-corrected chi connectivity index (χ2v) is 5.31. The van der Waals surface area contributed by atoms with Gasteiger partial charge in [0.25, 0.3) is 5.56 Å². The second kappa shape index (κ2) is 6.71. The number of halogens is 1. The fourth-order valence-electron chi connectivity index (χ4n) is 2.14. The van der Waals surface area contributed by atoms with Crippen LogP contribution in [0.5, 0.6) is 0 Å². The van der Waals surface area contributed by atoms with Crippen LogP contribution in [0.4, 0.5) is 0 Å². The SMILES string of the molecule is CCCCCCC(Cl)c1nc2ccccc2[nH]c1=O. The lowest BCUT2D eigenvalue weighted by molar-refractivity contribution is 0.617. The first-order valence-corrected chi connectivity index (χ1v) is 7.29. The van der Waals surface area contributed by atoms with Gasteiger partial charge in [-0.25, -0.2) is 4.98 Å². The summed E-state index contributed by atoms with van der Waals surface area (Å²) in [6.07, 6.45) is 5.41. The highest BCUT2D eigenvalue weighted by Gasteiger charge is 2.14. The van der Waals surface area contributed by atoms with E-state index in [1.54, 1.807) is 0 Å². The van der Waals surface area contributed by atoms with E-state index in [1.165, 1.54) is 12.8 Å². The van der Waals surface area contributed by atoms with Gasteiger partial charge in [-0.3, -0.25) is 4.79 Å². The van der Waals surface area contributed by atoms with Crippen molar-refractivity contribution >= 4 is 22.6 Å². The molecule has 1 aromatic heterocycles. The molecule has 0 radical (unpaired) electrons. The molecule has 0 bridgehead atoms. The number of benzene rings is 1. The second-order valence-electron chi connectivity index (χ2n) is 4.79. The summed E-state index contributed by atoms with van der Waals surface area (Å²) in [6.45, 7) is 2.17. The van der Waals surface area contributed by atoms with Gasteiger partial charge < -0.3 is 4.98 Å². The third-order valence-electron chi connectivity index (χ3n) is 3.23. The van der Waals surface area contributed by atoms with Crippen LogP contribution in [0.15, 0.2) is 29.1 Å². The van der Waals surface area contributed by atoms with Crippen molar-refractivity contribution in [2.75, 3.05) is 0 Å². The molecular weight excluding hydrogens is 260 g/mol. The summed E-state index contributed by atoms with van der Waals surface area (Å²) in [5.41, 5.74) is 1.81. The predicted octanol–water partition coefficient (Wildman–Crippen LogP) is 4.17. The van der Waals surface area contributed by atoms with Crippen molar-refractivity contribution in [1.82, 2.24) is 9.97 Å². The molecular formula is C15H19ClN2O. The summed E-state index contributed by atoms with van der Waals surface area (Å²) in [5, 5.41) is -0.301. The molecule has 1 aromatic carbocycles. The maximum atomic E-state index is 12.0. The van der Waals surface area contributed by atoms with Crippen LogP contribution in [0.3, 0.4) is 0 Å². The van der Waals surface area contributed by atoms with Crippen LogP contribution in [0, 0.1) is 0 Å². The summed E-state index contributed by atoms with van der Waals surface area (Å²) in [7, 11) is 0. The van der Waals surface area contributed by atoms with Crippen LogP contribution in [-0.4, -0.2) is 9.97 Å². The summed E-state index contributed by atoms with van der Waals surface area (Å²) in [5.74, 6) is 0.